The molecule has 0 rings (SSSR count). The van der Waals surface area contributed by atoms with Gasteiger partial charge in [0.05, 0.1) is 5.71 Å². The first kappa shape index (κ1) is 9.43. The second kappa shape index (κ2) is 4.28. The van der Waals surface area contributed by atoms with Crippen molar-refractivity contribution < 1.29 is 9.63 Å². The van der Waals surface area contributed by atoms with Gasteiger partial charge in [-0.05, 0) is 20.8 Å². The van der Waals surface area contributed by atoms with E-state index in [-0.39, 0.29) is 0 Å². The third-order valence-electron chi connectivity index (χ3n) is 0.643. The van der Waals surface area contributed by atoms with Crippen LogP contribution in [0.5, 0.6) is 0 Å². The summed E-state index contributed by atoms with van der Waals surface area (Å²) in [6.07, 6.45) is 0. The van der Waals surface area contributed by atoms with Crippen LogP contribution in [-0.4, -0.2) is 17.1 Å². The number of oxime groups is 1. The standard InChI is InChI=1S/C6H10ClNO2/c1-4(2)8-10-6(9)5(3)7/h5H,1-3H3/t5-/m0/s1. The molecule has 0 saturated carbocycles. The topological polar surface area (TPSA) is 38.7 Å². The quantitative estimate of drug-likeness (QED) is 0.268. The van der Waals surface area contributed by atoms with E-state index in [0.29, 0.717) is 5.71 Å². The van der Waals surface area contributed by atoms with Crippen molar-refractivity contribution in [3.05, 3.63) is 0 Å². The molecule has 0 aromatic carbocycles. The maximum absolute atomic E-state index is 10.6. The van der Waals surface area contributed by atoms with Gasteiger partial charge in [0.2, 0.25) is 0 Å². The van der Waals surface area contributed by atoms with E-state index in [2.05, 4.69) is 9.99 Å². The number of hydrogen-bond donors (Lipinski definition) is 0. The van der Waals surface area contributed by atoms with Crippen LogP contribution in [0.4, 0.5) is 0 Å². The molecule has 1 atom stereocenters. The Morgan fingerprint density at radius 3 is 2.40 bits per heavy atom. The molecule has 0 saturated heterocycles. The van der Waals surface area contributed by atoms with Crippen molar-refractivity contribution in [1.82, 2.24) is 0 Å². The third kappa shape index (κ3) is 4.32. The van der Waals surface area contributed by atoms with Crippen molar-refractivity contribution in [3.63, 3.8) is 0 Å². The SMILES string of the molecule is CC(C)=NOC(=O)[C@H](C)Cl. The minimum Gasteiger partial charge on any atom is -0.317 e. The van der Waals surface area contributed by atoms with Gasteiger partial charge in [0.15, 0.2) is 0 Å². The third-order valence-corrected chi connectivity index (χ3v) is 0.821. The molecule has 0 aromatic heterocycles. The summed E-state index contributed by atoms with van der Waals surface area (Å²) in [6, 6.07) is 0. The van der Waals surface area contributed by atoms with Gasteiger partial charge in [0.1, 0.15) is 5.38 Å². The van der Waals surface area contributed by atoms with Gasteiger partial charge in [0.25, 0.3) is 0 Å². The van der Waals surface area contributed by atoms with E-state index >= 15 is 0 Å². The lowest BCUT2D eigenvalue weighted by atomic mass is 10.5. The van der Waals surface area contributed by atoms with Crippen LogP contribution < -0.4 is 0 Å². The molecule has 10 heavy (non-hydrogen) atoms. The highest BCUT2D eigenvalue weighted by Gasteiger charge is 2.09. The second-order valence-corrected chi connectivity index (χ2v) is 2.72. The van der Waals surface area contributed by atoms with E-state index in [0.717, 1.165) is 0 Å². The molecule has 0 bridgehead atoms. The van der Waals surface area contributed by atoms with Gasteiger partial charge >= 0.3 is 5.97 Å². The van der Waals surface area contributed by atoms with Crippen LogP contribution in [0.2, 0.25) is 0 Å². The summed E-state index contributed by atoms with van der Waals surface area (Å²) in [5, 5.41) is 2.79. The van der Waals surface area contributed by atoms with E-state index in [4.69, 9.17) is 11.6 Å². The molecule has 0 heterocycles. The highest BCUT2D eigenvalue weighted by Crippen LogP contribution is 1.96. The monoisotopic (exact) mass is 163 g/mol. The number of carbonyl (C=O) groups excluding carboxylic acids is 1. The molecule has 0 amide bonds. The number of halogens is 1. The maximum atomic E-state index is 10.6. The number of alkyl halides is 1. The molecule has 0 N–H and O–H groups in total. The van der Waals surface area contributed by atoms with Crippen molar-refractivity contribution in [1.29, 1.82) is 0 Å². The van der Waals surface area contributed by atoms with Crippen LogP contribution in [-0.2, 0) is 9.63 Å². The molecule has 0 spiro atoms. The molecule has 0 aliphatic heterocycles. The van der Waals surface area contributed by atoms with Crippen LogP contribution in [0.3, 0.4) is 0 Å². The highest BCUT2D eigenvalue weighted by molar-refractivity contribution is 6.29. The highest BCUT2D eigenvalue weighted by atomic mass is 35.5. The van der Waals surface area contributed by atoms with E-state index < -0.39 is 11.3 Å². The lowest BCUT2D eigenvalue weighted by Crippen LogP contribution is -2.11. The van der Waals surface area contributed by atoms with Crippen LogP contribution in [0.1, 0.15) is 20.8 Å². The normalized spacial score (nSPS) is 12.0. The smallest absolute Gasteiger partial charge is 0.317 e. The molecule has 0 unspecified atom stereocenters. The summed E-state index contributed by atoms with van der Waals surface area (Å²) in [4.78, 5) is 15.0. The number of nitrogens with zero attached hydrogens (tertiary/aromatic N) is 1. The Labute approximate surface area is 65.0 Å². The first-order chi connectivity index (χ1) is 4.54. The molecule has 0 fully saturated rings. The van der Waals surface area contributed by atoms with Gasteiger partial charge < -0.3 is 4.84 Å². The molecule has 3 nitrogen and oxygen atoms in total. The molecule has 0 aromatic rings. The minimum absolute atomic E-state index is 0.525. The first-order valence-corrected chi connectivity index (χ1v) is 3.34. The van der Waals surface area contributed by atoms with Gasteiger partial charge in [-0.25, -0.2) is 4.79 Å². The fourth-order valence-electron chi connectivity index (χ4n) is 0.209. The zero-order valence-electron chi connectivity index (χ0n) is 6.22. The zero-order valence-corrected chi connectivity index (χ0v) is 6.97. The van der Waals surface area contributed by atoms with E-state index in [1.807, 2.05) is 0 Å². The molecular formula is C6H10ClNO2. The summed E-state index contributed by atoms with van der Waals surface area (Å²) < 4.78 is 0. The Morgan fingerprint density at radius 2 is 2.10 bits per heavy atom. The van der Waals surface area contributed by atoms with Crippen molar-refractivity contribution in [3.8, 4) is 0 Å². The zero-order chi connectivity index (χ0) is 8.15. The van der Waals surface area contributed by atoms with Crippen LogP contribution >= 0.6 is 11.6 Å². The predicted molar refractivity (Wildman–Crippen MR) is 40.2 cm³/mol. The minimum atomic E-state index is -0.636. The van der Waals surface area contributed by atoms with Crippen molar-refractivity contribution in [2.24, 2.45) is 5.16 Å². The van der Waals surface area contributed by atoms with Crippen molar-refractivity contribution in [2.75, 3.05) is 0 Å². The summed E-state index contributed by atoms with van der Waals surface area (Å²) in [5.41, 5.74) is 0.686. The molecular weight excluding hydrogens is 154 g/mol. The second-order valence-electron chi connectivity index (χ2n) is 2.06. The van der Waals surface area contributed by atoms with Crippen molar-refractivity contribution >= 4 is 23.3 Å². The molecule has 58 valence electrons. The molecule has 0 radical (unpaired) electrons. The average molecular weight is 164 g/mol. The van der Waals surface area contributed by atoms with Crippen LogP contribution in [0.15, 0.2) is 5.16 Å². The summed E-state index contributed by atoms with van der Waals surface area (Å²) in [6.45, 7) is 4.99. The molecule has 4 heteroatoms. The Bertz CT molecular complexity index is 150. The Kier molecular flexibility index (Phi) is 4.03. The fraction of sp³-hybridized carbons (Fsp3) is 0.667. The van der Waals surface area contributed by atoms with Crippen LogP contribution in [0, 0.1) is 0 Å². The Morgan fingerprint density at radius 1 is 1.60 bits per heavy atom. The lowest BCUT2D eigenvalue weighted by molar-refractivity contribution is -0.142. The molecule has 0 aliphatic rings. The predicted octanol–water partition coefficient (Wildman–Crippen LogP) is 1.55. The fourth-order valence-corrected chi connectivity index (χ4v) is 0.249. The van der Waals surface area contributed by atoms with Crippen LogP contribution in [0.25, 0.3) is 0 Å². The first-order valence-electron chi connectivity index (χ1n) is 2.90. The van der Waals surface area contributed by atoms with Gasteiger partial charge in [-0.2, -0.15) is 0 Å². The number of carbonyl (C=O) groups is 1. The van der Waals surface area contributed by atoms with Gasteiger partial charge in [0, 0.05) is 0 Å². The van der Waals surface area contributed by atoms with E-state index in [9.17, 15) is 4.79 Å². The maximum Gasteiger partial charge on any atom is 0.352 e. The number of rotatable bonds is 2. The number of hydrogen-bond acceptors (Lipinski definition) is 3. The van der Waals surface area contributed by atoms with Gasteiger partial charge in [-0.3, -0.25) is 0 Å². The summed E-state index contributed by atoms with van der Waals surface area (Å²) >= 11 is 5.37. The van der Waals surface area contributed by atoms with E-state index in [1.165, 1.54) is 6.92 Å². The van der Waals surface area contributed by atoms with Gasteiger partial charge in [-0.1, -0.05) is 5.16 Å². The summed E-state index contributed by atoms with van der Waals surface area (Å²) in [7, 11) is 0. The largest absolute Gasteiger partial charge is 0.352 e. The molecule has 0 aliphatic carbocycles. The van der Waals surface area contributed by atoms with Gasteiger partial charge in [-0.15, -0.1) is 11.6 Å². The average Bonchev–Trinajstić information content (AvgIpc) is 1.82. The summed E-state index contributed by atoms with van der Waals surface area (Å²) in [5.74, 6) is -0.525. The lowest BCUT2D eigenvalue weighted by Gasteiger charge is -1.97. The Balaban J connectivity index is 3.71. The van der Waals surface area contributed by atoms with Crippen molar-refractivity contribution in [2.45, 2.75) is 26.1 Å². The Hall–Kier alpha value is -0.570. The van der Waals surface area contributed by atoms with E-state index in [1.54, 1.807) is 13.8 Å².